The van der Waals surface area contributed by atoms with Crippen LogP contribution in [0.4, 0.5) is 10.8 Å². The number of anilines is 2. The topological polar surface area (TPSA) is 68.0 Å². The monoisotopic (exact) mass is 259 g/mol. The zero-order valence-electron chi connectivity index (χ0n) is 9.77. The lowest BCUT2D eigenvalue weighted by Crippen LogP contribution is -2.13. The number of hydrogen-bond donors (Lipinski definition) is 2. The Balaban J connectivity index is 1.80. The number of thiazole rings is 1. The first-order valence-corrected chi connectivity index (χ1v) is 6.70. The van der Waals surface area contributed by atoms with E-state index in [2.05, 4.69) is 10.3 Å². The number of carbonyl (C=O) groups excluding carboxylic acids is 1. The summed E-state index contributed by atoms with van der Waals surface area (Å²) >= 11 is 1.57. The molecule has 1 aliphatic carbocycles. The van der Waals surface area contributed by atoms with Gasteiger partial charge in [0.2, 0.25) is 0 Å². The number of fused-ring (bicyclic) bond motifs is 1. The van der Waals surface area contributed by atoms with Gasteiger partial charge in [0.15, 0.2) is 5.13 Å². The van der Waals surface area contributed by atoms with Gasteiger partial charge < -0.3 is 5.73 Å². The van der Waals surface area contributed by atoms with Crippen molar-refractivity contribution >= 4 is 28.1 Å². The van der Waals surface area contributed by atoms with Gasteiger partial charge in [-0.1, -0.05) is 12.1 Å². The second-order valence-corrected chi connectivity index (χ2v) is 5.37. The molecule has 0 fully saturated rings. The quantitative estimate of drug-likeness (QED) is 0.814. The van der Waals surface area contributed by atoms with Crippen LogP contribution in [0.3, 0.4) is 0 Å². The van der Waals surface area contributed by atoms with E-state index in [-0.39, 0.29) is 5.91 Å². The number of aryl methyl sites for hydroxylation is 2. The minimum atomic E-state index is -0.194. The SMILES string of the molecule is Nc1ccccc1C(=O)Nc1nc2c(s1)CCC2. The zero-order chi connectivity index (χ0) is 12.5. The number of aromatic nitrogens is 1. The summed E-state index contributed by atoms with van der Waals surface area (Å²) in [4.78, 5) is 17.8. The molecule has 0 saturated carbocycles. The van der Waals surface area contributed by atoms with Crippen LogP contribution in [0.1, 0.15) is 27.3 Å². The van der Waals surface area contributed by atoms with Crippen molar-refractivity contribution in [3.8, 4) is 0 Å². The van der Waals surface area contributed by atoms with E-state index < -0.39 is 0 Å². The van der Waals surface area contributed by atoms with Crippen molar-refractivity contribution in [1.82, 2.24) is 4.98 Å². The van der Waals surface area contributed by atoms with Gasteiger partial charge in [-0.25, -0.2) is 4.98 Å². The summed E-state index contributed by atoms with van der Waals surface area (Å²) in [7, 11) is 0. The lowest BCUT2D eigenvalue weighted by molar-refractivity contribution is 0.102. The van der Waals surface area contributed by atoms with E-state index in [0.717, 1.165) is 18.5 Å². The molecular formula is C13H13N3OS. The van der Waals surface area contributed by atoms with Crippen molar-refractivity contribution in [2.24, 2.45) is 0 Å². The number of nitrogens with two attached hydrogens (primary N) is 1. The number of benzene rings is 1. The van der Waals surface area contributed by atoms with Crippen LogP contribution in [0.2, 0.25) is 0 Å². The Labute approximate surface area is 109 Å². The van der Waals surface area contributed by atoms with Gasteiger partial charge in [-0.3, -0.25) is 10.1 Å². The molecule has 0 radical (unpaired) electrons. The number of hydrogen-bond acceptors (Lipinski definition) is 4. The Morgan fingerprint density at radius 2 is 2.17 bits per heavy atom. The number of nitrogen functional groups attached to an aromatic ring is 1. The fourth-order valence-corrected chi connectivity index (χ4v) is 3.16. The molecule has 18 heavy (non-hydrogen) atoms. The minimum Gasteiger partial charge on any atom is -0.398 e. The summed E-state index contributed by atoms with van der Waals surface area (Å²) in [5.74, 6) is -0.194. The largest absolute Gasteiger partial charge is 0.398 e. The summed E-state index contributed by atoms with van der Waals surface area (Å²) in [5, 5.41) is 3.49. The van der Waals surface area contributed by atoms with Crippen LogP contribution < -0.4 is 11.1 Å². The molecule has 0 atom stereocenters. The van der Waals surface area contributed by atoms with E-state index in [0.29, 0.717) is 16.4 Å². The van der Waals surface area contributed by atoms with E-state index in [1.165, 1.54) is 11.3 Å². The van der Waals surface area contributed by atoms with Crippen LogP contribution in [0.5, 0.6) is 0 Å². The minimum absolute atomic E-state index is 0.194. The van der Waals surface area contributed by atoms with E-state index in [4.69, 9.17) is 5.73 Å². The summed E-state index contributed by atoms with van der Waals surface area (Å²) < 4.78 is 0. The zero-order valence-corrected chi connectivity index (χ0v) is 10.6. The molecule has 4 nitrogen and oxygen atoms in total. The van der Waals surface area contributed by atoms with Gasteiger partial charge in [0.25, 0.3) is 5.91 Å². The number of amides is 1. The van der Waals surface area contributed by atoms with Crippen LogP contribution in [-0.2, 0) is 12.8 Å². The predicted molar refractivity (Wildman–Crippen MR) is 72.9 cm³/mol. The fraction of sp³-hybridized carbons (Fsp3) is 0.231. The fourth-order valence-electron chi connectivity index (χ4n) is 2.11. The van der Waals surface area contributed by atoms with Crippen LogP contribution in [0, 0.1) is 0 Å². The maximum Gasteiger partial charge on any atom is 0.259 e. The molecule has 1 heterocycles. The van der Waals surface area contributed by atoms with Crippen molar-refractivity contribution in [1.29, 1.82) is 0 Å². The highest BCUT2D eigenvalue weighted by Gasteiger charge is 2.18. The summed E-state index contributed by atoms with van der Waals surface area (Å²) in [6.07, 6.45) is 3.28. The van der Waals surface area contributed by atoms with E-state index in [9.17, 15) is 4.79 Å². The average molecular weight is 259 g/mol. The van der Waals surface area contributed by atoms with Gasteiger partial charge in [0, 0.05) is 10.6 Å². The molecule has 0 spiro atoms. The summed E-state index contributed by atoms with van der Waals surface area (Å²) in [5.41, 5.74) is 7.88. The summed E-state index contributed by atoms with van der Waals surface area (Å²) in [6, 6.07) is 7.04. The standard InChI is InChI=1S/C13H13N3OS/c14-9-5-2-1-4-8(9)12(17)16-13-15-10-6-3-7-11(10)18-13/h1-2,4-5H,3,6-7,14H2,(H,15,16,17). The average Bonchev–Trinajstić information content (AvgIpc) is 2.90. The predicted octanol–water partition coefficient (Wildman–Crippen LogP) is 2.47. The number of nitrogens with one attached hydrogen (secondary N) is 1. The van der Waals surface area contributed by atoms with Gasteiger partial charge in [-0.15, -0.1) is 11.3 Å². The van der Waals surface area contributed by atoms with Crippen LogP contribution in [0.25, 0.3) is 0 Å². The molecule has 92 valence electrons. The van der Waals surface area contributed by atoms with Gasteiger partial charge in [0.05, 0.1) is 11.3 Å². The molecule has 1 aliphatic rings. The van der Waals surface area contributed by atoms with E-state index in [1.807, 2.05) is 6.07 Å². The van der Waals surface area contributed by atoms with E-state index >= 15 is 0 Å². The Bertz CT molecular complexity index is 585. The molecule has 1 aromatic heterocycles. The summed E-state index contributed by atoms with van der Waals surface area (Å²) in [6.45, 7) is 0. The van der Waals surface area contributed by atoms with Crippen molar-refractivity contribution in [3.63, 3.8) is 0 Å². The third-order valence-corrected chi connectivity index (χ3v) is 4.09. The van der Waals surface area contributed by atoms with Crippen LogP contribution >= 0.6 is 11.3 Å². The highest BCUT2D eigenvalue weighted by Crippen LogP contribution is 2.30. The smallest absolute Gasteiger partial charge is 0.259 e. The Morgan fingerprint density at radius 1 is 1.33 bits per heavy atom. The third-order valence-electron chi connectivity index (χ3n) is 3.02. The van der Waals surface area contributed by atoms with Crippen molar-refractivity contribution < 1.29 is 4.79 Å². The molecule has 1 aromatic carbocycles. The van der Waals surface area contributed by atoms with E-state index in [1.54, 1.807) is 29.5 Å². The highest BCUT2D eigenvalue weighted by molar-refractivity contribution is 7.16. The molecule has 0 bridgehead atoms. The Morgan fingerprint density at radius 3 is 2.94 bits per heavy atom. The maximum atomic E-state index is 12.0. The normalized spacial score (nSPS) is 13.3. The number of para-hydroxylation sites is 1. The molecule has 0 saturated heterocycles. The number of rotatable bonds is 2. The molecule has 3 rings (SSSR count). The Hall–Kier alpha value is -1.88. The third kappa shape index (κ3) is 1.97. The van der Waals surface area contributed by atoms with Gasteiger partial charge >= 0.3 is 0 Å². The molecule has 1 amide bonds. The Kier molecular flexibility index (Phi) is 2.76. The van der Waals surface area contributed by atoms with Crippen molar-refractivity contribution in [2.75, 3.05) is 11.1 Å². The van der Waals surface area contributed by atoms with Crippen molar-refractivity contribution in [2.45, 2.75) is 19.3 Å². The van der Waals surface area contributed by atoms with Crippen LogP contribution in [0.15, 0.2) is 24.3 Å². The maximum absolute atomic E-state index is 12.0. The van der Waals surface area contributed by atoms with Gasteiger partial charge in [0.1, 0.15) is 0 Å². The van der Waals surface area contributed by atoms with Gasteiger partial charge in [-0.2, -0.15) is 0 Å². The molecule has 0 unspecified atom stereocenters. The lowest BCUT2D eigenvalue weighted by atomic mass is 10.2. The first kappa shape index (κ1) is 11.2. The molecule has 5 heteroatoms. The second kappa shape index (κ2) is 4.42. The molecule has 3 N–H and O–H groups in total. The lowest BCUT2D eigenvalue weighted by Gasteiger charge is -2.04. The number of carbonyl (C=O) groups is 1. The van der Waals surface area contributed by atoms with Gasteiger partial charge in [-0.05, 0) is 31.4 Å². The highest BCUT2D eigenvalue weighted by atomic mass is 32.1. The first-order chi connectivity index (χ1) is 8.74. The molecule has 0 aliphatic heterocycles. The second-order valence-electron chi connectivity index (χ2n) is 4.28. The number of nitrogens with zero attached hydrogens (tertiary/aromatic N) is 1. The first-order valence-electron chi connectivity index (χ1n) is 5.88. The van der Waals surface area contributed by atoms with Crippen molar-refractivity contribution in [3.05, 3.63) is 40.4 Å². The molecular weight excluding hydrogens is 246 g/mol. The molecule has 2 aromatic rings. The van der Waals surface area contributed by atoms with Crippen LogP contribution in [-0.4, -0.2) is 10.9 Å².